The van der Waals surface area contributed by atoms with E-state index in [1.54, 1.807) is 6.07 Å². The lowest BCUT2D eigenvalue weighted by atomic mass is 10.0. The number of carbonyl (C=O) groups excluding carboxylic acids is 1. The van der Waals surface area contributed by atoms with Crippen molar-refractivity contribution < 1.29 is 9.18 Å². The van der Waals surface area contributed by atoms with E-state index in [2.05, 4.69) is 17.3 Å². The van der Waals surface area contributed by atoms with Crippen molar-refractivity contribution in [2.45, 2.75) is 25.3 Å². The van der Waals surface area contributed by atoms with Crippen LogP contribution in [0.4, 0.5) is 4.39 Å². The molecule has 1 aromatic rings. The number of halogens is 1. The number of carbonyl (C=O) groups is 1. The molecule has 0 aromatic heterocycles. The van der Waals surface area contributed by atoms with Gasteiger partial charge < -0.3 is 16.0 Å². The summed E-state index contributed by atoms with van der Waals surface area (Å²) >= 11 is 0. The highest BCUT2D eigenvalue weighted by Gasteiger charge is 2.25. The molecule has 2 rings (SSSR count). The van der Waals surface area contributed by atoms with Crippen LogP contribution in [0.5, 0.6) is 0 Å². The molecule has 0 spiro atoms. The largest absolute Gasteiger partial charge is 0.355 e. The second kappa shape index (κ2) is 7.00. The van der Waals surface area contributed by atoms with Crippen molar-refractivity contribution in [1.29, 1.82) is 0 Å². The number of amides is 1. The number of hydrogen-bond donors (Lipinski definition) is 2. The molecule has 0 bridgehead atoms. The molecule has 1 aromatic carbocycles. The molecule has 1 amide bonds. The van der Waals surface area contributed by atoms with E-state index >= 15 is 0 Å². The van der Waals surface area contributed by atoms with E-state index < -0.39 is 11.7 Å². The molecule has 5 heteroatoms. The first-order chi connectivity index (χ1) is 10.0. The third kappa shape index (κ3) is 4.25. The van der Waals surface area contributed by atoms with Crippen molar-refractivity contribution in [3.63, 3.8) is 0 Å². The van der Waals surface area contributed by atoms with E-state index in [4.69, 9.17) is 5.73 Å². The Labute approximate surface area is 125 Å². The molecule has 1 atom stereocenters. The average Bonchev–Trinajstić information content (AvgIpc) is 3.27. The molecular weight excluding hydrogens is 269 g/mol. The van der Waals surface area contributed by atoms with Crippen molar-refractivity contribution in [3.8, 4) is 0 Å². The first-order valence-electron chi connectivity index (χ1n) is 7.46. The molecule has 1 saturated carbocycles. The molecule has 0 saturated heterocycles. The zero-order chi connectivity index (χ0) is 15.4. The van der Waals surface area contributed by atoms with E-state index in [-0.39, 0.29) is 11.6 Å². The van der Waals surface area contributed by atoms with Crippen molar-refractivity contribution >= 4 is 5.91 Å². The topological polar surface area (TPSA) is 58.4 Å². The van der Waals surface area contributed by atoms with Crippen molar-refractivity contribution in [1.82, 2.24) is 10.2 Å². The van der Waals surface area contributed by atoms with E-state index in [9.17, 15) is 9.18 Å². The van der Waals surface area contributed by atoms with Gasteiger partial charge in [-0.15, -0.1) is 0 Å². The number of hydrogen-bond acceptors (Lipinski definition) is 3. The monoisotopic (exact) mass is 293 g/mol. The van der Waals surface area contributed by atoms with E-state index in [1.807, 2.05) is 0 Å². The Balaban J connectivity index is 2.03. The van der Waals surface area contributed by atoms with Crippen LogP contribution in [0.3, 0.4) is 0 Å². The van der Waals surface area contributed by atoms with Gasteiger partial charge in [-0.2, -0.15) is 0 Å². The zero-order valence-electron chi connectivity index (χ0n) is 12.7. The lowest BCUT2D eigenvalue weighted by Gasteiger charge is -2.27. The van der Waals surface area contributed by atoms with Crippen LogP contribution in [-0.4, -0.2) is 44.0 Å². The summed E-state index contributed by atoms with van der Waals surface area (Å²) < 4.78 is 14.0. The summed E-state index contributed by atoms with van der Waals surface area (Å²) in [6.45, 7) is 1.60. The summed E-state index contributed by atoms with van der Waals surface area (Å²) in [6, 6.07) is 4.99. The molecule has 0 radical (unpaired) electrons. The molecule has 3 N–H and O–H groups in total. The number of rotatable bonds is 7. The van der Waals surface area contributed by atoms with Gasteiger partial charge in [0.15, 0.2) is 0 Å². The number of nitrogens with two attached hydrogens (primary N) is 1. The summed E-state index contributed by atoms with van der Waals surface area (Å²) in [7, 11) is 3.57. The van der Waals surface area contributed by atoms with Crippen LogP contribution in [0.1, 0.15) is 28.8 Å². The SMILES string of the molecule is CNC(=O)c1ccc(C[C@@H](CN)N(C)CC2CC2)cc1F. The molecule has 1 fully saturated rings. The van der Waals surface area contributed by atoms with Gasteiger partial charge in [0.2, 0.25) is 0 Å². The van der Waals surface area contributed by atoms with Gasteiger partial charge in [0.25, 0.3) is 5.91 Å². The maximum absolute atomic E-state index is 14.0. The summed E-state index contributed by atoms with van der Waals surface area (Å²) in [4.78, 5) is 13.7. The van der Waals surface area contributed by atoms with Gasteiger partial charge in [0, 0.05) is 26.2 Å². The second-order valence-electron chi connectivity index (χ2n) is 5.87. The normalized spacial score (nSPS) is 16.0. The fraction of sp³-hybridized carbons (Fsp3) is 0.562. The second-order valence-corrected chi connectivity index (χ2v) is 5.87. The van der Waals surface area contributed by atoms with Crippen molar-refractivity contribution in [2.75, 3.05) is 27.2 Å². The van der Waals surface area contributed by atoms with Gasteiger partial charge in [-0.25, -0.2) is 4.39 Å². The van der Waals surface area contributed by atoms with E-state index in [0.717, 1.165) is 18.0 Å². The Bertz CT molecular complexity index is 502. The maximum atomic E-state index is 14.0. The Morgan fingerprint density at radius 1 is 1.52 bits per heavy atom. The molecule has 1 aliphatic carbocycles. The molecule has 21 heavy (non-hydrogen) atoms. The number of nitrogens with zero attached hydrogens (tertiary/aromatic N) is 1. The zero-order valence-corrected chi connectivity index (χ0v) is 12.7. The summed E-state index contributed by atoms with van der Waals surface area (Å²) in [5.41, 5.74) is 6.81. The summed E-state index contributed by atoms with van der Waals surface area (Å²) in [5, 5.41) is 2.43. The first-order valence-corrected chi connectivity index (χ1v) is 7.46. The molecule has 0 heterocycles. The minimum Gasteiger partial charge on any atom is -0.355 e. The molecular formula is C16H24FN3O. The molecule has 0 unspecified atom stereocenters. The number of benzene rings is 1. The number of nitrogens with one attached hydrogen (secondary N) is 1. The van der Waals surface area contributed by atoms with E-state index in [1.165, 1.54) is 32.0 Å². The van der Waals surface area contributed by atoms with Crippen LogP contribution in [0, 0.1) is 11.7 Å². The van der Waals surface area contributed by atoms with Crippen LogP contribution in [0.2, 0.25) is 0 Å². The Morgan fingerprint density at radius 2 is 2.24 bits per heavy atom. The third-order valence-corrected chi connectivity index (χ3v) is 4.12. The summed E-state index contributed by atoms with van der Waals surface area (Å²) in [6.07, 6.45) is 3.30. The minimum absolute atomic E-state index is 0.0804. The predicted molar refractivity (Wildman–Crippen MR) is 81.7 cm³/mol. The molecule has 116 valence electrons. The quantitative estimate of drug-likeness (QED) is 0.799. The van der Waals surface area contributed by atoms with Crippen LogP contribution in [0.15, 0.2) is 18.2 Å². The van der Waals surface area contributed by atoms with Gasteiger partial charge in [-0.05, 0) is 49.9 Å². The standard InChI is InChI=1S/C16H24FN3O/c1-19-16(21)14-6-5-12(8-15(14)17)7-13(9-18)20(2)10-11-3-4-11/h5-6,8,11,13H,3-4,7,9-10,18H2,1-2H3,(H,19,21)/t13-/m0/s1. The Hall–Kier alpha value is -1.46. The van der Waals surface area contributed by atoms with Gasteiger partial charge in [-0.3, -0.25) is 4.79 Å². The van der Waals surface area contributed by atoms with Gasteiger partial charge in [0.05, 0.1) is 5.56 Å². The van der Waals surface area contributed by atoms with Crippen LogP contribution < -0.4 is 11.1 Å². The lowest BCUT2D eigenvalue weighted by molar-refractivity contribution is 0.0959. The minimum atomic E-state index is -0.479. The van der Waals surface area contributed by atoms with Crippen LogP contribution in [-0.2, 0) is 6.42 Å². The molecule has 1 aliphatic rings. The number of likely N-dealkylation sites (N-methyl/N-ethyl adjacent to an activating group) is 1. The van der Waals surface area contributed by atoms with E-state index in [0.29, 0.717) is 13.0 Å². The fourth-order valence-electron chi connectivity index (χ4n) is 2.55. The Morgan fingerprint density at radius 3 is 2.76 bits per heavy atom. The maximum Gasteiger partial charge on any atom is 0.253 e. The highest BCUT2D eigenvalue weighted by Crippen LogP contribution is 2.30. The lowest BCUT2D eigenvalue weighted by Crippen LogP contribution is -2.40. The van der Waals surface area contributed by atoms with Gasteiger partial charge in [-0.1, -0.05) is 6.07 Å². The fourth-order valence-corrected chi connectivity index (χ4v) is 2.55. The molecule has 0 aliphatic heterocycles. The van der Waals surface area contributed by atoms with Crippen LogP contribution in [0.25, 0.3) is 0 Å². The highest BCUT2D eigenvalue weighted by molar-refractivity contribution is 5.94. The molecule has 4 nitrogen and oxygen atoms in total. The third-order valence-electron chi connectivity index (χ3n) is 4.12. The highest BCUT2D eigenvalue weighted by atomic mass is 19.1. The van der Waals surface area contributed by atoms with Gasteiger partial charge >= 0.3 is 0 Å². The average molecular weight is 293 g/mol. The van der Waals surface area contributed by atoms with Gasteiger partial charge in [0.1, 0.15) is 5.82 Å². The summed E-state index contributed by atoms with van der Waals surface area (Å²) in [5.74, 6) is -0.0795. The van der Waals surface area contributed by atoms with Crippen molar-refractivity contribution in [3.05, 3.63) is 35.1 Å². The Kier molecular flexibility index (Phi) is 5.31. The van der Waals surface area contributed by atoms with Crippen LogP contribution >= 0.6 is 0 Å². The van der Waals surface area contributed by atoms with Crippen molar-refractivity contribution in [2.24, 2.45) is 11.7 Å². The smallest absolute Gasteiger partial charge is 0.253 e. The first kappa shape index (κ1) is 15.9. The predicted octanol–water partition coefficient (Wildman–Crippen LogP) is 1.40.